The highest BCUT2D eigenvalue weighted by molar-refractivity contribution is 5.58. The van der Waals surface area contributed by atoms with Crippen LogP contribution >= 0.6 is 0 Å². The molecule has 1 aliphatic rings. The molecule has 0 radical (unpaired) electrons. The molecule has 1 N–H and O–H groups in total. The minimum absolute atomic E-state index is 0.274. The van der Waals surface area contributed by atoms with Crippen LogP contribution in [0.25, 0.3) is 18.2 Å². The molecule has 0 atom stereocenters. The Morgan fingerprint density at radius 3 is 1.98 bits per heavy atom. The Hall–Kier alpha value is -3.92. The van der Waals surface area contributed by atoms with Crippen LogP contribution < -0.4 is 4.74 Å². The van der Waals surface area contributed by atoms with Crippen LogP contribution in [0.15, 0.2) is 90.9 Å². The zero-order chi connectivity index (χ0) is 28.9. The second-order valence-electron chi connectivity index (χ2n) is 11.4. The Kier molecular flexibility index (Phi) is 11.1. The van der Waals surface area contributed by atoms with E-state index in [-0.39, 0.29) is 11.4 Å². The van der Waals surface area contributed by atoms with Gasteiger partial charge in [0.05, 0.1) is 13.2 Å². The highest BCUT2D eigenvalue weighted by Crippen LogP contribution is 2.26. The number of hydrogen-bond acceptors (Lipinski definition) is 4. The fraction of sp³-hybridized carbons (Fsp3) is 0.351. The molecule has 3 aromatic rings. The zero-order valence-corrected chi connectivity index (χ0v) is 24.7. The second-order valence-corrected chi connectivity index (χ2v) is 11.4. The highest BCUT2D eigenvalue weighted by atomic mass is 16.7. The van der Waals surface area contributed by atoms with Crippen LogP contribution in [-0.2, 0) is 15.9 Å². The first-order valence-electron chi connectivity index (χ1n) is 14.9. The minimum Gasteiger partial charge on any atom is -0.508 e. The predicted octanol–water partition coefficient (Wildman–Crippen LogP) is 9.45. The zero-order valence-electron chi connectivity index (χ0n) is 24.7. The minimum atomic E-state index is -0.360. The number of benzene rings is 3. The van der Waals surface area contributed by atoms with Gasteiger partial charge in [-0.15, -0.1) is 0 Å². The largest absolute Gasteiger partial charge is 0.508 e. The van der Waals surface area contributed by atoms with Crippen molar-refractivity contribution in [2.24, 2.45) is 5.92 Å². The van der Waals surface area contributed by atoms with E-state index in [1.807, 2.05) is 55.5 Å². The van der Waals surface area contributed by atoms with Gasteiger partial charge in [-0.1, -0.05) is 92.1 Å². The molecule has 1 saturated carbocycles. The summed E-state index contributed by atoms with van der Waals surface area (Å²) in [5.41, 5.74) is 4.07. The number of aromatic hydroxyl groups is 1. The van der Waals surface area contributed by atoms with E-state index in [0.717, 1.165) is 35.5 Å². The van der Waals surface area contributed by atoms with Crippen LogP contribution in [0.2, 0.25) is 0 Å². The number of phenols is 1. The van der Waals surface area contributed by atoms with Crippen molar-refractivity contribution in [3.8, 4) is 11.5 Å². The van der Waals surface area contributed by atoms with Crippen molar-refractivity contribution in [3.05, 3.63) is 113 Å². The molecule has 0 spiro atoms. The van der Waals surface area contributed by atoms with Gasteiger partial charge < -0.3 is 19.3 Å². The van der Waals surface area contributed by atoms with E-state index >= 15 is 0 Å². The van der Waals surface area contributed by atoms with E-state index < -0.39 is 0 Å². The van der Waals surface area contributed by atoms with Crippen molar-refractivity contribution < 1.29 is 19.3 Å². The van der Waals surface area contributed by atoms with Gasteiger partial charge >= 0.3 is 0 Å². The smallest absolute Gasteiger partial charge is 0.279 e. The number of phenolic OH excluding ortho intramolecular Hbond substituents is 1. The van der Waals surface area contributed by atoms with Crippen molar-refractivity contribution in [1.82, 2.24) is 0 Å². The van der Waals surface area contributed by atoms with Crippen LogP contribution in [0.3, 0.4) is 0 Å². The van der Waals surface area contributed by atoms with Crippen LogP contribution in [-0.4, -0.2) is 23.9 Å². The quantitative estimate of drug-likeness (QED) is 0.169. The first-order valence-corrected chi connectivity index (χ1v) is 14.9. The van der Waals surface area contributed by atoms with Crippen molar-refractivity contribution in [2.75, 3.05) is 13.2 Å². The van der Waals surface area contributed by atoms with Crippen LogP contribution in [0.4, 0.5) is 0 Å². The van der Waals surface area contributed by atoms with E-state index in [9.17, 15) is 5.11 Å². The third-order valence-electron chi connectivity index (χ3n) is 7.22. The standard InChI is InChI=1S/C37H44O4/c1-4-39-36(40-28-33-12-6-5-7-13-33)26-31-14-16-32(17-15-31)27-37(2,3)41-35-24-20-30(21-25-35)11-9-8-10-29-18-22-34(38)23-19-29/h8-11,14-26,33,38H,4-7,12-13,27-28H2,1-3H3. The first-order chi connectivity index (χ1) is 19.9. The fourth-order valence-electron chi connectivity index (χ4n) is 5.10. The fourth-order valence-corrected chi connectivity index (χ4v) is 5.10. The molecule has 41 heavy (non-hydrogen) atoms. The van der Waals surface area contributed by atoms with Gasteiger partial charge in [-0.05, 0) is 86.1 Å². The first kappa shape index (κ1) is 30.0. The molecular formula is C37H44O4. The maximum absolute atomic E-state index is 9.38. The lowest BCUT2D eigenvalue weighted by atomic mass is 9.90. The van der Waals surface area contributed by atoms with E-state index in [0.29, 0.717) is 18.5 Å². The van der Waals surface area contributed by atoms with Gasteiger partial charge in [0.25, 0.3) is 5.95 Å². The Morgan fingerprint density at radius 1 is 0.780 bits per heavy atom. The average Bonchev–Trinajstić information content (AvgIpc) is 2.97. The Labute approximate surface area is 246 Å². The normalized spacial score (nSPS) is 15.0. The van der Waals surface area contributed by atoms with Gasteiger partial charge in [-0.3, -0.25) is 0 Å². The summed E-state index contributed by atoms with van der Waals surface area (Å²) in [6, 6.07) is 23.8. The predicted molar refractivity (Wildman–Crippen MR) is 170 cm³/mol. The summed E-state index contributed by atoms with van der Waals surface area (Å²) in [6.45, 7) is 7.57. The van der Waals surface area contributed by atoms with E-state index in [4.69, 9.17) is 14.2 Å². The van der Waals surface area contributed by atoms with Gasteiger partial charge in [0.15, 0.2) is 0 Å². The topological polar surface area (TPSA) is 47.9 Å². The lowest BCUT2D eigenvalue weighted by Gasteiger charge is -2.27. The van der Waals surface area contributed by atoms with Crippen molar-refractivity contribution >= 4 is 18.2 Å². The summed E-state index contributed by atoms with van der Waals surface area (Å²) in [6.07, 6.45) is 17.3. The molecule has 216 valence electrons. The monoisotopic (exact) mass is 552 g/mol. The van der Waals surface area contributed by atoms with Gasteiger partial charge in [0, 0.05) is 12.5 Å². The maximum atomic E-state index is 9.38. The third kappa shape index (κ3) is 10.5. The Bertz CT molecular complexity index is 1280. The van der Waals surface area contributed by atoms with E-state index in [2.05, 4.69) is 56.3 Å². The van der Waals surface area contributed by atoms with Crippen LogP contribution in [0.1, 0.15) is 75.1 Å². The molecule has 0 saturated heterocycles. The van der Waals surface area contributed by atoms with Crippen LogP contribution in [0, 0.1) is 5.92 Å². The second kappa shape index (κ2) is 15.2. The molecule has 0 unspecified atom stereocenters. The van der Waals surface area contributed by atoms with Crippen molar-refractivity contribution in [3.63, 3.8) is 0 Å². The summed E-state index contributed by atoms with van der Waals surface area (Å²) in [5.74, 6) is 2.38. The molecule has 0 heterocycles. The van der Waals surface area contributed by atoms with Crippen molar-refractivity contribution in [2.45, 2.75) is 64.9 Å². The lowest BCUT2D eigenvalue weighted by molar-refractivity contribution is 0.0231. The lowest BCUT2D eigenvalue weighted by Crippen LogP contribution is -2.30. The molecule has 0 aromatic heterocycles. The van der Waals surface area contributed by atoms with Crippen molar-refractivity contribution in [1.29, 1.82) is 0 Å². The van der Waals surface area contributed by atoms with Gasteiger partial charge in [-0.25, -0.2) is 0 Å². The summed E-state index contributed by atoms with van der Waals surface area (Å²) in [4.78, 5) is 0. The molecule has 0 bridgehead atoms. The van der Waals surface area contributed by atoms with E-state index in [1.54, 1.807) is 12.1 Å². The summed E-state index contributed by atoms with van der Waals surface area (Å²) < 4.78 is 18.2. The Balaban J connectivity index is 1.28. The molecule has 0 amide bonds. The molecule has 3 aromatic carbocycles. The van der Waals surface area contributed by atoms with E-state index in [1.165, 1.54) is 37.7 Å². The Morgan fingerprint density at radius 2 is 1.37 bits per heavy atom. The molecular weight excluding hydrogens is 508 g/mol. The summed E-state index contributed by atoms with van der Waals surface area (Å²) in [7, 11) is 0. The molecule has 4 rings (SSSR count). The molecule has 4 heteroatoms. The third-order valence-corrected chi connectivity index (χ3v) is 7.22. The molecule has 1 aliphatic carbocycles. The SMILES string of the molecule is CCOC(=Cc1ccc(CC(C)(C)Oc2ccc(C=CC=Cc3ccc(O)cc3)cc2)cc1)OCC1CCCCC1. The number of hydrogen-bond donors (Lipinski definition) is 1. The number of allylic oxidation sites excluding steroid dienone is 2. The molecule has 0 aliphatic heterocycles. The molecule has 1 fully saturated rings. The average molecular weight is 553 g/mol. The summed E-state index contributed by atoms with van der Waals surface area (Å²) in [5, 5.41) is 9.38. The number of ether oxygens (including phenoxy) is 3. The maximum Gasteiger partial charge on any atom is 0.279 e. The number of rotatable bonds is 13. The van der Waals surface area contributed by atoms with Gasteiger partial charge in [0.1, 0.15) is 17.1 Å². The summed E-state index contributed by atoms with van der Waals surface area (Å²) >= 11 is 0. The van der Waals surface area contributed by atoms with Gasteiger partial charge in [0.2, 0.25) is 0 Å². The molecule has 4 nitrogen and oxygen atoms in total. The van der Waals surface area contributed by atoms with Crippen LogP contribution in [0.5, 0.6) is 11.5 Å². The van der Waals surface area contributed by atoms with Gasteiger partial charge in [-0.2, -0.15) is 0 Å². The highest BCUT2D eigenvalue weighted by Gasteiger charge is 2.21.